The van der Waals surface area contributed by atoms with Crippen molar-refractivity contribution in [2.45, 2.75) is 4.90 Å². The Morgan fingerprint density at radius 3 is 1.69 bits per heavy atom. The van der Waals surface area contributed by atoms with E-state index in [0.717, 1.165) is 4.90 Å². The average molecular weight is 425 g/mol. The van der Waals surface area contributed by atoms with E-state index in [0.29, 0.717) is 5.56 Å². The van der Waals surface area contributed by atoms with Crippen molar-refractivity contribution in [2.24, 2.45) is 0 Å². The molecule has 3 aromatic carbocycles. The van der Waals surface area contributed by atoms with Crippen LogP contribution in [-0.2, 0) is 9.84 Å². The SMILES string of the molecule is C/S(=C(\C(=O)c1ccccc1)S(=O)(=O)CC(=O)c1ccccc1)c1ccccc1. The molecule has 0 heterocycles. The maximum atomic E-state index is 13.3. The summed E-state index contributed by atoms with van der Waals surface area (Å²) in [5.41, 5.74) is 0.590. The first-order chi connectivity index (χ1) is 13.9. The molecule has 0 aliphatic heterocycles. The van der Waals surface area contributed by atoms with Crippen LogP contribution in [0.1, 0.15) is 20.7 Å². The van der Waals surface area contributed by atoms with Crippen molar-refractivity contribution < 1.29 is 18.0 Å². The van der Waals surface area contributed by atoms with Crippen molar-refractivity contribution in [3.8, 4) is 0 Å². The van der Waals surface area contributed by atoms with Gasteiger partial charge in [-0.1, -0.05) is 78.9 Å². The predicted octanol–water partition coefficient (Wildman–Crippen LogP) is 4.25. The predicted molar refractivity (Wildman–Crippen MR) is 119 cm³/mol. The van der Waals surface area contributed by atoms with E-state index in [4.69, 9.17) is 0 Å². The van der Waals surface area contributed by atoms with Gasteiger partial charge >= 0.3 is 0 Å². The van der Waals surface area contributed by atoms with Gasteiger partial charge in [-0.15, -0.1) is 10.5 Å². The van der Waals surface area contributed by atoms with Gasteiger partial charge in [-0.3, -0.25) is 9.59 Å². The summed E-state index contributed by atoms with van der Waals surface area (Å²) in [7, 11) is -5.15. The molecule has 0 saturated heterocycles. The highest BCUT2D eigenvalue weighted by Gasteiger charge is 2.31. The molecule has 0 amide bonds. The lowest BCUT2D eigenvalue weighted by Gasteiger charge is -2.14. The van der Waals surface area contributed by atoms with Crippen LogP contribution < -0.4 is 0 Å². The summed E-state index contributed by atoms with van der Waals surface area (Å²) >= 11 is 0. The maximum absolute atomic E-state index is 13.3. The summed E-state index contributed by atoms with van der Waals surface area (Å²) in [5.74, 6) is -1.84. The fraction of sp³-hybridized carbons (Fsp3) is 0.0870. The van der Waals surface area contributed by atoms with Gasteiger partial charge in [0.15, 0.2) is 15.6 Å². The molecule has 3 rings (SSSR count). The van der Waals surface area contributed by atoms with Crippen LogP contribution in [0.3, 0.4) is 0 Å². The van der Waals surface area contributed by atoms with E-state index in [9.17, 15) is 18.0 Å². The normalized spacial score (nSPS) is 12.8. The van der Waals surface area contributed by atoms with Gasteiger partial charge in [0.05, 0.1) is 0 Å². The Morgan fingerprint density at radius 2 is 1.17 bits per heavy atom. The molecule has 0 bridgehead atoms. The number of hydrogen-bond acceptors (Lipinski definition) is 4. The molecule has 0 spiro atoms. The molecule has 0 fully saturated rings. The van der Waals surface area contributed by atoms with E-state index in [1.54, 1.807) is 91.2 Å². The third-order valence-corrected chi connectivity index (χ3v) is 8.92. The molecular formula is C23H20O4S2. The summed E-state index contributed by atoms with van der Waals surface area (Å²) in [4.78, 5) is 26.5. The monoisotopic (exact) mass is 424 g/mol. The third-order valence-electron chi connectivity index (χ3n) is 4.30. The quantitative estimate of drug-likeness (QED) is 0.438. The first-order valence-corrected chi connectivity index (χ1v) is 12.2. The average Bonchev–Trinajstić information content (AvgIpc) is 2.75. The number of benzene rings is 3. The minimum atomic E-state index is -4.13. The standard InChI is InChI=1S/C23H20O4S2/c1-28(20-15-9-4-10-16-20)23(22(25)19-13-7-3-8-14-19)29(26,27)17-21(24)18-11-5-2-6-12-18/h2-16H,17H2,1H3. The largest absolute Gasteiger partial charge is 0.293 e. The van der Waals surface area contributed by atoms with Crippen molar-refractivity contribution >= 4 is 36.1 Å². The first kappa shape index (κ1) is 20.9. The molecule has 29 heavy (non-hydrogen) atoms. The van der Waals surface area contributed by atoms with Crippen molar-refractivity contribution in [3.05, 3.63) is 102 Å². The first-order valence-electron chi connectivity index (χ1n) is 8.89. The number of hydrogen-bond donors (Lipinski definition) is 0. The van der Waals surface area contributed by atoms with Gasteiger partial charge < -0.3 is 0 Å². The van der Waals surface area contributed by atoms with Crippen LogP contribution in [0.2, 0.25) is 0 Å². The molecule has 1 atom stereocenters. The maximum Gasteiger partial charge on any atom is 0.210 e. The number of rotatable bonds is 6. The molecule has 6 heteroatoms. The minimum absolute atomic E-state index is 0.237. The summed E-state index contributed by atoms with van der Waals surface area (Å²) in [6.45, 7) is 0. The molecule has 0 radical (unpaired) electrons. The van der Waals surface area contributed by atoms with Crippen molar-refractivity contribution in [3.63, 3.8) is 0 Å². The zero-order valence-electron chi connectivity index (χ0n) is 15.8. The number of Topliss-reactive ketones (excluding diaryl/α,β-unsaturated/α-hetero) is 2. The topological polar surface area (TPSA) is 68.3 Å². The van der Waals surface area contributed by atoms with Crippen molar-refractivity contribution in [2.75, 3.05) is 12.0 Å². The molecule has 0 saturated carbocycles. The summed E-state index contributed by atoms with van der Waals surface area (Å²) in [6, 6.07) is 25.5. The molecule has 148 valence electrons. The Hall–Kier alpha value is -2.83. The van der Waals surface area contributed by atoms with Gasteiger partial charge in [-0.2, -0.15) is 0 Å². The lowest BCUT2D eigenvalue weighted by atomic mass is 10.1. The number of carbonyl (C=O) groups is 2. The number of carbonyl (C=O) groups excluding carboxylic acids is 2. The summed E-state index contributed by atoms with van der Waals surface area (Å²) in [5, 5.41) is 0. The molecular weight excluding hydrogens is 404 g/mol. The summed E-state index contributed by atoms with van der Waals surface area (Å²) < 4.78 is 26.3. The van der Waals surface area contributed by atoms with Crippen LogP contribution in [0.5, 0.6) is 0 Å². The Bertz CT molecular complexity index is 1150. The van der Waals surface area contributed by atoms with Crippen molar-refractivity contribution in [1.82, 2.24) is 0 Å². The van der Waals surface area contributed by atoms with Gasteiger partial charge in [0.2, 0.25) is 5.78 Å². The molecule has 0 aromatic heterocycles. The van der Waals surface area contributed by atoms with Crippen LogP contribution in [-0.4, -0.2) is 36.2 Å². The van der Waals surface area contributed by atoms with Gasteiger partial charge in [0.25, 0.3) is 0 Å². The Labute approximate surface area is 173 Å². The van der Waals surface area contributed by atoms with Gasteiger partial charge in [-0.25, -0.2) is 8.42 Å². The van der Waals surface area contributed by atoms with E-state index in [2.05, 4.69) is 0 Å². The molecule has 4 nitrogen and oxygen atoms in total. The highest BCUT2D eigenvalue weighted by molar-refractivity contribution is 8.32. The molecule has 0 aliphatic carbocycles. The fourth-order valence-corrected chi connectivity index (χ4v) is 7.06. The third kappa shape index (κ3) is 4.96. The zero-order valence-corrected chi connectivity index (χ0v) is 17.4. The van der Waals surface area contributed by atoms with Gasteiger partial charge in [0.1, 0.15) is 9.95 Å². The second-order valence-electron chi connectivity index (χ2n) is 6.35. The lowest BCUT2D eigenvalue weighted by molar-refractivity contribution is 0.102. The molecule has 0 N–H and O–H groups in total. The lowest BCUT2D eigenvalue weighted by Crippen LogP contribution is -2.30. The smallest absolute Gasteiger partial charge is 0.210 e. The molecule has 1 unspecified atom stereocenters. The van der Waals surface area contributed by atoms with E-state index >= 15 is 0 Å². The van der Waals surface area contributed by atoms with Crippen molar-refractivity contribution in [1.29, 1.82) is 0 Å². The zero-order chi connectivity index (χ0) is 20.9. The Morgan fingerprint density at radius 1 is 0.724 bits per heavy atom. The van der Waals surface area contributed by atoms with E-state index in [-0.39, 0.29) is 9.76 Å². The molecule has 3 aromatic rings. The summed E-state index contributed by atoms with van der Waals surface area (Å²) in [6.07, 6.45) is 1.70. The van der Waals surface area contributed by atoms with E-state index < -0.39 is 37.6 Å². The van der Waals surface area contributed by atoms with Crippen LogP contribution in [0.25, 0.3) is 0 Å². The van der Waals surface area contributed by atoms with Gasteiger partial charge in [-0.05, 0) is 18.4 Å². The Balaban J connectivity index is 2.10. The molecule has 0 aliphatic rings. The Kier molecular flexibility index (Phi) is 6.56. The second-order valence-corrected chi connectivity index (χ2v) is 10.4. The number of ketones is 2. The van der Waals surface area contributed by atoms with Crippen LogP contribution >= 0.6 is 10.5 Å². The van der Waals surface area contributed by atoms with E-state index in [1.807, 2.05) is 6.07 Å². The minimum Gasteiger partial charge on any atom is -0.293 e. The van der Waals surface area contributed by atoms with Crippen LogP contribution in [0.15, 0.2) is 95.9 Å². The second kappa shape index (κ2) is 9.11. The fourth-order valence-electron chi connectivity index (χ4n) is 2.86. The van der Waals surface area contributed by atoms with Crippen LogP contribution in [0.4, 0.5) is 0 Å². The highest BCUT2D eigenvalue weighted by atomic mass is 32.2. The van der Waals surface area contributed by atoms with E-state index in [1.165, 1.54) is 0 Å². The van der Waals surface area contributed by atoms with Crippen LogP contribution in [0, 0.1) is 0 Å². The van der Waals surface area contributed by atoms with Gasteiger partial charge in [0, 0.05) is 16.0 Å². The number of sulfone groups is 1. The highest BCUT2D eigenvalue weighted by Crippen LogP contribution is 2.28.